The molecule has 3 heteroatoms. The van der Waals surface area contributed by atoms with Crippen LogP contribution in [0.2, 0.25) is 0 Å². The molecule has 1 N–H and O–H groups in total. The fourth-order valence-corrected chi connectivity index (χ4v) is 0.655. The van der Waals surface area contributed by atoms with Crippen molar-refractivity contribution < 1.29 is 14.6 Å². The second-order valence-corrected chi connectivity index (χ2v) is 1.88. The molecule has 0 amide bonds. The molecule has 0 aliphatic heterocycles. The monoisotopic (exact) mass is 150 g/mol. The summed E-state index contributed by atoms with van der Waals surface area (Å²) >= 11 is 0. The van der Waals surface area contributed by atoms with E-state index < -0.39 is 0 Å². The average molecular weight is 150 g/mol. The number of hydrogen-bond acceptors (Lipinski definition) is 3. The summed E-state index contributed by atoms with van der Waals surface area (Å²) in [5, 5.41) is 8.51. The van der Waals surface area contributed by atoms with Gasteiger partial charge in [0.15, 0.2) is 5.76 Å². The third-order valence-electron chi connectivity index (χ3n) is 1.19. The molecule has 0 radical (unpaired) electrons. The van der Waals surface area contributed by atoms with Crippen LogP contribution in [-0.2, 0) is 9.53 Å². The van der Waals surface area contributed by atoms with Gasteiger partial charge >= 0.3 is 0 Å². The number of carbonyl (C=O) groups is 1. The van der Waals surface area contributed by atoms with Crippen molar-refractivity contribution in [3.05, 3.63) is 23.7 Å². The minimum Gasteiger partial charge on any atom is -0.514 e. The van der Waals surface area contributed by atoms with E-state index in [0.29, 0.717) is 5.57 Å². The van der Waals surface area contributed by atoms with Gasteiger partial charge in [0.2, 0.25) is 0 Å². The molecule has 0 saturated heterocycles. The maximum atomic E-state index is 10.8. The van der Waals surface area contributed by atoms with E-state index in [1.807, 2.05) is 0 Å². The van der Waals surface area contributed by atoms with Crippen LogP contribution in [0.25, 0.3) is 0 Å². The molecule has 0 saturated carbocycles. The second-order valence-electron chi connectivity index (χ2n) is 1.88. The summed E-state index contributed by atoms with van der Waals surface area (Å²) < 4.78 is 4.69. The van der Waals surface area contributed by atoms with Crippen LogP contribution in [0, 0.1) is 11.8 Å². The summed E-state index contributed by atoms with van der Waals surface area (Å²) in [6, 6.07) is 0. The van der Waals surface area contributed by atoms with Crippen molar-refractivity contribution in [3.8, 4) is 11.8 Å². The van der Waals surface area contributed by atoms with E-state index in [1.54, 1.807) is 0 Å². The SMILES string of the molecule is COC1=C/C(=C\O)C#CC1=O. The fraction of sp³-hybridized carbons (Fsp3) is 0.125. The lowest BCUT2D eigenvalue weighted by Gasteiger charge is -2.02. The van der Waals surface area contributed by atoms with Crippen LogP contribution < -0.4 is 0 Å². The molecule has 0 spiro atoms. The van der Waals surface area contributed by atoms with Gasteiger partial charge in [0, 0.05) is 6.08 Å². The number of carbonyl (C=O) groups excluding carboxylic acids is 1. The normalized spacial score (nSPS) is 18.8. The molecule has 0 atom stereocenters. The number of ketones is 1. The van der Waals surface area contributed by atoms with Crippen molar-refractivity contribution in [1.82, 2.24) is 0 Å². The zero-order valence-electron chi connectivity index (χ0n) is 5.92. The molecule has 1 aliphatic carbocycles. The number of allylic oxidation sites excluding steroid dienone is 3. The Morgan fingerprint density at radius 2 is 2.36 bits per heavy atom. The minimum atomic E-state index is -0.363. The molecular formula is C8H6O3. The summed E-state index contributed by atoms with van der Waals surface area (Å²) in [4.78, 5) is 10.8. The molecule has 11 heavy (non-hydrogen) atoms. The Labute approximate surface area is 64.0 Å². The Hall–Kier alpha value is -1.69. The Bertz CT molecular complexity index is 299. The first-order valence-corrected chi connectivity index (χ1v) is 2.94. The van der Waals surface area contributed by atoms with Gasteiger partial charge in [0.1, 0.15) is 0 Å². The Kier molecular flexibility index (Phi) is 1.98. The predicted octanol–water partition coefficient (Wildman–Crippen LogP) is 0.545. The van der Waals surface area contributed by atoms with Crippen LogP contribution in [0.1, 0.15) is 0 Å². The fourth-order valence-electron chi connectivity index (χ4n) is 0.655. The smallest absolute Gasteiger partial charge is 0.270 e. The maximum Gasteiger partial charge on any atom is 0.270 e. The first-order chi connectivity index (χ1) is 5.27. The molecule has 0 heterocycles. The van der Waals surface area contributed by atoms with Gasteiger partial charge in [-0.3, -0.25) is 4.79 Å². The number of hydrogen-bond donors (Lipinski definition) is 1. The maximum absolute atomic E-state index is 10.8. The molecule has 0 aromatic heterocycles. The number of Topliss-reactive ketones (excluding diaryl/α,β-unsaturated/α-hetero) is 1. The molecule has 3 nitrogen and oxygen atoms in total. The van der Waals surface area contributed by atoms with Crippen LogP contribution >= 0.6 is 0 Å². The van der Waals surface area contributed by atoms with Crippen LogP contribution in [0.5, 0.6) is 0 Å². The van der Waals surface area contributed by atoms with Crippen LogP contribution in [0.15, 0.2) is 23.7 Å². The van der Waals surface area contributed by atoms with E-state index in [1.165, 1.54) is 13.2 Å². The van der Waals surface area contributed by atoms with Gasteiger partial charge in [-0.25, -0.2) is 0 Å². The molecule has 1 aliphatic rings. The van der Waals surface area contributed by atoms with E-state index in [9.17, 15) is 4.79 Å². The van der Waals surface area contributed by atoms with Crippen LogP contribution in [-0.4, -0.2) is 18.0 Å². The molecule has 56 valence electrons. The lowest BCUT2D eigenvalue weighted by molar-refractivity contribution is -0.113. The first kappa shape index (κ1) is 7.42. The van der Waals surface area contributed by atoms with Gasteiger partial charge in [-0.05, 0) is 5.92 Å². The van der Waals surface area contributed by atoms with E-state index in [4.69, 9.17) is 9.84 Å². The standard InChI is InChI=1S/C8H6O3/c1-11-8-4-6(5-9)2-3-7(8)10/h4-5,9H,1H3/b6-5-. The predicted molar refractivity (Wildman–Crippen MR) is 38.6 cm³/mol. The Morgan fingerprint density at radius 3 is 2.91 bits per heavy atom. The Balaban J connectivity index is 3.00. The van der Waals surface area contributed by atoms with Crippen LogP contribution in [0.4, 0.5) is 0 Å². The summed E-state index contributed by atoms with van der Waals surface area (Å²) in [7, 11) is 1.38. The summed E-state index contributed by atoms with van der Waals surface area (Å²) in [5.41, 5.74) is 0.376. The molecule has 0 aromatic rings. The topological polar surface area (TPSA) is 46.5 Å². The Morgan fingerprint density at radius 1 is 1.64 bits per heavy atom. The van der Waals surface area contributed by atoms with E-state index in [2.05, 4.69) is 11.8 Å². The van der Waals surface area contributed by atoms with E-state index in [-0.39, 0.29) is 11.5 Å². The number of ether oxygens (including phenoxy) is 1. The van der Waals surface area contributed by atoms with Gasteiger partial charge in [-0.1, -0.05) is 5.92 Å². The van der Waals surface area contributed by atoms with Crippen LogP contribution in [0.3, 0.4) is 0 Å². The van der Waals surface area contributed by atoms with Crippen molar-refractivity contribution in [2.24, 2.45) is 0 Å². The summed E-state index contributed by atoms with van der Waals surface area (Å²) in [5.74, 6) is 4.51. The quantitative estimate of drug-likeness (QED) is 0.337. The largest absolute Gasteiger partial charge is 0.514 e. The third-order valence-corrected chi connectivity index (χ3v) is 1.19. The molecule has 1 rings (SSSR count). The number of rotatable bonds is 1. The molecule has 0 unspecified atom stereocenters. The third kappa shape index (κ3) is 1.41. The highest BCUT2D eigenvalue weighted by atomic mass is 16.5. The summed E-state index contributed by atoms with van der Waals surface area (Å²) in [6.45, 7) is 0. The second kappa shape index (κ2) is 2.93. The first-order valence-electron chi connectivity index (χ1n) is 2.94. The van der Waals surface area contributed by atoms with Gasteiger partial charge < -0.3 is 9.84 Å². The molecule has 0 fully saturated rings. The van der Waals surface area contributed by atoms with Gasteiger partial charge in [-0.15, -0.1) is 0 Å². The highest BCUT2D eigenvalue weighted by Gasteiger charge is 2.10. The minimum absolute atomic E-state index is 0.157. The van der Waals surface area contributed by atoms with Crippen molar-refractivity contribution in [2.75, 3.05) is 7.11 Å². The van der Waals surface area contributed by atoms with Crippen molar-refractivity contribution in [1.29, 1.82) is 0 Å². The zero-order chi connectivity index (χ0) is 8.27. The van der Waals surface area contributed by atoms with Gasteiger partial charge in [0.25, 0.3) is 5.78 Å². The van der Waals surface area contributed by atoms with Gasteiger partial charge in [0.05, 0.1) is 18.9 Å². The number of aliphatic hydroxyl groups excluding tert-OH is 1. The number of aliphatic hydroxyl groups is 1. The van der Waals surface area contributed by atoms with Crippen molar-refractivity contribution >= 4 is 5.78 Å². The van der Waals surface area contributed by atoms with Gasteiger partial charge in [-0.2, -0.15) is 0 Å². The van der Waals surface area contributed by atoms with Crippen molar-refractivity contribution in [3.63, 3.8) is 0 Å². The highest BCUT2D eigenvalue weighted by molar-refractivity contribution is 6.09. The van der Waals surface area contributed by atoms with E-state index >= 15 is 0 Å². The van der Waals surface area contributed by atoms with Crippen molar-refractivity contribution in [2.45, 2.75) is 0 Å². The molecule has 0 aromatic carbocycles. The average Bonchev–Trinajstić information content (AvgIpc) is 2.05. The highest BCUT2D eigenvalue weighted by Crippen LogP contribution is 2.07. The lowest BCUT2D eigenvalue weighted by Crippen LogP contribution is -2.05. The lowest BCUT2D eigenvalue weighted by atomic mass is 10.1. The number of methoxy groups -OCH3 is 1. The zero-order valence-corrected chi connectivity index (χ0v) is 5.92. The van der Waals surface area contributed by atoms with E-state index in [0.717, 1.165) is 6.26 Å². The molecule has 0 bridgehead atoms. The summed E-state index contributed by atoms with van der Waals surface area (Å²) in [6.07, 6.45) is 2.22. The molecular weight excluding hydrogens is 144 g/mol.